The van der Waals surface area contributed by atoms with Crippen molar-refractivity contribution in [3.8, 4) is 33.4 Å². The van der Waals surface area contributed by atoms with E-state index in [1.54, 1.807) is 25.5 Å². The Morgan fingerprint density at radius 1 is 0.460 bits per heavy atom. The quantitative estimate of drug-likeness (QED) is 0.0651. The molecule has 0 saturated carbocycles. The summed E-state index contributed by atoms with van der Waals surface area (Å²) in [7, 11) is -1.94. The van der Waals surface area contributed by atoms with Gasteiger partial charge in [-0.05, 0) is 224 Å². The molecule has 4 atom stereocenters. The number of halogens is 6. The lowest BCUT2D eigenvalue weighted by Crippen LogP contribution is -2.41. The lowest BCUT2D eigenvalue weighted by atomic mass is 9.78. The number of carbonyl (C=O) groups is 8. The number of ether oxygens (including phenoxy) is 6. The molecule has 9 aromatic rings. The second-order valence-corrected chi connectivity index (χ2v) is 44.9. The monoisotopic (exact) mass is 2070 g/mol. The molecule has 137 heavy (non-hydrogen) atoms. The minimum Gasteiger partial charge on any atom is -0.475 e. The predicted molar refractivity (Wildman–Crippen MR) is 519 cm³/mol. The van der Waals surface area contributed by atoms with E-state index >= 15 is 0 Å². The van der Waals surface area contributed by atoms with Gasteiger partial charge in [-0.3, -0.25) is 53.5 Å². The highest BCUT2D eigenvalue weighted by Crippen LogP contribution is 2.43. The molecule has 5 aliphatic carbocycles. The van der Waals surface area contributed by atoms with Crippen LogP contribution in [0.4, 0.5) is 13.2 Å². The van der Waals surface area contributed by atoms with E-state index < -0.39 is 42.2 Å². The van der Waals surface area contributed by atoms with E-state index in [1.807, 2.05) is 167 Å². The molecule has 0 bridgehead atoms. The second kappa shape index (κ2) is 44.8. The number of Topliss-reactive ketones (excluding diaryl/α,β-unsaturated/α-hetero) is 5. The van der Waals surface area contributed by atoms with Crippen molar-refractivity contribution < 1.29 is 111 Å². The summed E-state index contributed by atoms with van der Waals surface area (Å²) in [6, 6.07) is 29.6. The van der Waals surface area contributed by atoms with Crippen LogP contribution in [-0.2, 0) is 130 Å². The van der Waals surface area contributed by atoms with E-state index in [2.05, 4.69) is 86.7 Å². The molecule has 0 spiro atoms. The third kappa shape index (κ3) is 27.5. The van der Waals surface area contributed by atoms with Crippen LogP contribution >= 0.6 is 42.5 Å². The Labute approximate surface area is 817 Å². The summed E-state index contributed by atoms with van der Waals surface area (Å²) >= 11 is 6.84. The van der Waals surface area contributed by atoms with Gasteiger partial charge < -0.3 is 48.6 Å². The first-order chi connectivity index (χ1) is 64.5. The normalized spacial score (nSPS) is 18.8. The lowest BCUT2D eigenvalue weighted by molar-refractivity contribution is -0.192. The SMILES string of the molecule is CC(C)(C)OC(=O)CC1COCc2c(-c3ccc4c(c3)CCC4=O)cncc21.CC(C)(C)OC(=O)CC1COCc2c(Br)cncc21.CC1(C)OB(c2ccc3c(c2)CCC3=O)OC1(C)C.CCS(=O)(=O)CC1COCc2c(-c3ccc4c(c3)CCC4=O)cncc21.CCS(=O)(=O)Cl.NC1COCc2c(-c3ccc4c(c3)CCC4=O)cncc21.O=C(O)C(F)(F)F.O=C1CCc2cc(Br)ccc21. The maximum atomic E-state index is 12.3. The fraction of sp³-hybridized carbons (Fsp3) is 0.431. The molecule has 1 fully saturated rings. The molecule has 0 amide bonds. The number of benzene rings is 5. The van der Waals surface area contributed by atoms with Crippen LogP contribution in [0.1, 0.15) is 276 Å². The van der Waals surface area contributed by atoms with Gasteiger partial charge in [0.15, 0.2) is 38.8 Å². The first-order valence-electron chi connectivity index (χ1n) is 45.3. The fourth-order valence-electron chi connectivity index (χ4n) is 17.3. The van der Waals surface area contributed by atoms with Gasteiger partial charge in [-0.2, -0.15) is 13.2 Å². The van der Waals surface area contributed by atoms with Gasteiger partial charge in [0.25, 0.3) is 0 Å². The van der Waals surface area contributed by atoms with Crippen molar-refractivity contribution in [2.45, 2.75) is 239 Å². The topological polar surface area (TPSA) is 376 Å². The molecule has 1 saturated heterocycles. The molecular formula is C102H112BBr2ClF3N5O21S2. The number of carboxylic acid groups (broad SMARTS) is 1. The second-order valence-electron chi connectivity index (χ2n) is 37.7. The summed E-state index contributed by atoms with van der Waals surface area (Å²) in [5.74, 6) is -2.00. The molecule has 9 heterocycles. The van der Waals surface area contributed by atoms with Gasteiger partial charge in [0, 0.05) is 169 Å². The smallest absolute Gasteiger partial charge is 0.475 e. The molecule has 10 aliphatic rings. The number of carboxylic acids is 1. The van der Waals surface area contributed by atoms with Crippen molar-refractivity contribution in [1.29, 1.82) is 0 Å². The van der Waals surface area contributed by atoms with E-state index in [0.29, 0.717) is 91.4 Å². The number of fused-ring (bicyclic) bond motifs is 9. The van der Waals surface area contributed by atoms with Crippen LogP contribution in [0.2, 0.25) is 0 Å². The highest BCUT2D eigenvalue weighted by atomic mass is 79.9. The van der Waals surface area contributed by atoms with Crippen LogP contribution in [0.3, 0.4) is 0 Å². The van der Waals surface area contributed by atoms with Gasteiger partial charge in [-0.1, -0.05) is 109 Å². The van der Waals surface area contributed by atoms with Crippen molar-refractivity contribution in [3.63, 3.8) is 0 Å². The highest BCUT2D eigenvalue weighted by molar-refractivity contribution is 9.10. The molecule has 5 aromatic carbocycles. The Balaban J connectivity index is 0.000000146. The molecule has 4 unspecified atom stereocenters. The van der Waals surface area contributed by atoms with Crippen LogP contribution in [0.5, 0.6) is 0 Å². The van der Waals surface area contributed by atoms with Gasteiger partial charge >= 0.3 is 31.2 Å². The zero-order valence-electron chi connectivity index (χ0n) is 78.5. The number of aromatic nitrogens is 4. The number of nitrogens with zero attached hydrogens (tertiary/aromatic N) is 4. The van der Waals surface area contributed by atoms with Crippen molar-refractivity contribution in [2.75, 3.05) is 43.7 Å². The van der Waals surface area contributed by atoms with Gasteiger partial charge in [-0.25, -0.2) is 21.6 Å². The number of alkyl halides is 3. The molecule has 5 aliphatic heterocycles. The molecule has 728 valence electrons. The van der Waals surface area contributed by atoms with Gasteiger partial charge in [0.05, 0.1) is 94.4 Å². The van der Waals surface area contributed by atoms with Crippen molar-refractivity contribution in [1.82, 2.24) is 19.9 Å². The molecule has 0 radical (unpaired) electrons. The van der Waals surface area contributed by atoms with Crippen LogP contribution < -0.4 is 11.2 Å². The maximum absolute atomic E-state index is 12.3. The van der Waals surface area contributed by atoms with Gasteiger partial charge in [0.1, 0.15) is 11.2 Å². The lowest BCUT2D eigenvalue weighted by Gasteiger charge is -2.32. The molecule has 35 heteroatoms. The first-order valence-corrected chi connectivity index (χ1v) is 51.2. The minimum atomic E-state index is -5.08. The predicted octanol–water partition coefficient (Wildman–Crippen LogP) is 18.6. The Morgan fingerprint density at radius 3 is 1.16 bits per heavy atom. The van der Waals surface area contributed by atoms with Crippen LogP contribution in [-0.4, -0.2) is 168 Å². The number of nitrogens with two attached hydrogens (primary N) is 1. The number of aliphatic carboxylic acids is 1. The van der Waals surface area contributed by atoms with Crippen LogP contribution in [0.25, 0.3) is 33.4 Å². The number of rotatable bonds is 12. The van der Waals surface area contributed by atoms with Crippen LogP contribution in [0, 0.1) is 0 Å². The Bertz CT molecular complexity index is 6330. The molecule has 19 rings (SSSR count). The van der Waals surface area contributed by atoms with Crippen molar-refractivity contribution >= 4 is 121 Å². The van der Waals surface area contributed by atoms with Gasteiger partial charge in [0.2, 0.25) is 9.05 Å². The Morgan fingerprint density at radius 2 is 0.781 bits per heavy atom. The van der Waals surface area contributed by atoms with E-state index in [1.165, 1.54) is 12.5 Å². The number of pyridine rings is 4. The Hall–Kier alpha value is -9.82. The first kappa shape index (κ1) is 106. The summed E-state index contributed by atoms with van der Waals surface area (Å²) < 4.78 is 123. The number of aryl methyl sites for hydroxylation is 5. The van der Waals surface area contributed by atoms with E-state index in [-0.39, 0.29) is 107 Å². The summed E-state index contributed by atoms with van der Waals surface area (Å²) in [5.41, 5.74) is 30.0. The van der Waals surface area contributed by atoms with Crippen molar-refractivity contribution in [3.05, 3.63) is 250 Å². The highest BCUT2D eigenvalue weighted by Gasteiger charge is 2.52. The summed E-state index contributed by atoms with van der Waals surface area (Å²) in [4.78, 5) is 109. The summed E-state index contributed by atoms with van der Waals surface area (Å²) in [6.45, 7) is 26.6. The zero-order chi connectivity index (χ0) is 99.6. The van der Waals surface area contributed by atoms with E-state index in [0.717, 1.165) is 174 Å². The van der Waals surface area contributed by atoms with Crippen LogP contribution in [0.15, 0.2) is 150 Å². The number of hydrogen-bond donors (Lipinski definition) is 2. The van der Waals surface area contributed by atoms with E-state index in [4.69, 9.17) is 53.4 Å². The molecule has 26 nitrogen and oxygen atoms in total. The van der Waals surface area contributed by atoms with Gasteiger partial charge in [-0.15, -0.1) is 0 Å². The fourth-order valence-corrected chi connectivity index (χ4v) is 19.3. The Kier molecular flexibility index (Phi) is 34.7. The minimum absolute atomic E-state index is 0.00849. The average Bonchev–Trinajstić information content (AvgIpc) is 1.68. The number of esters is 2. The van der Waals surface area contributed by atoms with Crippen molar-refractivity contribution in [2.24, 2.45) is 5.73 Å². The maximum Gasteiger partial charge on any atom is 0.494 e. The number of hydrogen-bond acceptors (Lipinski definition) is 25. The third-order valence-corrected chi connectivity index (χ3v) is 29.3. The average molecular weight is 2070 g/mol. The summed E-state index contributed by atoms with van der Waals surface area (Å²) in [5, 5.41) is 7.12. The number of ketones is 5. The number of carbonyl (C=O) groups excluding carboxylic acids is 7. The zero-order valence-corrected chi connectivity index (χ0v) is 84.1. The van der Waals surface area contributed by atoms with E-state index in [9.17, 15) is 63.6 Å². The largest absolute Gasteiger partial charge is 0.494 e. The standard InChI is InChI=1S/C23H25NO4.C20H21NO4S.C17H16N2O2.C15H19BO3.C14H18BrNO3.C9H7BrO.C2H5ClO2S.C2HF3O2/c1-23(2,3)28-22(26)9-16-12-27-13-20-18(10-24-11-19(16)20)15-4-6-17-14(8-15)5-7-21(17)25;1-2-26(23,24)12-15-10-25-11-19-17(8-21-9-18(15)19)14-3-5-16-13(7-14)4-6-20(16)22;18-16-9-21-8-15-13(6-19-7-14(15)16)11-1-3-12-10(5-11)2-4-17(12)20;1-14(2)15(3,4)19-16(18-14)11-6-7-12-10(9-11)5-8-13(12)17;1-14(2,3)19-13(17)4-9-7-18-8-11-10(9)5-16-6-12(11)15;10-7-2-3-8-6(5-7)1-4-9(8)11;1-2-6(3,4)5;3-2(4,5)1(6)7/h4,6,8,10-11,16H,5,7,9,12-13H2,1-3H3;3,5,7-9,15H,2,4,6,10-12H2,1H3;1,3,5-7,16H,2,4,8-9,18H2;6-7,9H,5,8H2,1-4H3;5-6,9H,4,7-8H2,1-3H3;2-3,5H,1,4H2;2H2,1H3;(H,6,7). The summed E-state index contributed by atoms with van der Waals surface area (Å²) in [6.07, 6.45) is 17.3. The number of sulfone groups is 1. The third-order valence-electron chi connectivity index (χ3n) is 25.0. The molecular weight excluding hydrogens is 1960 g/mol. The molecule has 4 aromatic heterocycles. The molecule has 3 N–H and O–H groups in total.